The second kappa shape index (κ2) is 27.3. The van der Waals surface area contributed by atoms with Crippen molar-refractivity contribution >= 4 is 98.6 Å². The number of aliphatic imine (C=N–C) groups is 2. The number of rotatable bonds is 8. The number of aromatic nitrogens is 9. The summed E-state index contributed by atoms with van der Waals surface area (Å²) >= 11 is 0. The molecular formula is C73H93N23O3. The Morgan fingerprint density at radius 2 is 0.980 bits per heavy atom. The highest BCUT2D eigenvalue weighted by Gasteiger charge is 2.54. The van der Waals surface area contributed by atoms with Crippen molar-refractivity contribution in [3.8, 4) is 0 Å². The minimum Gasteiger partial charge on any atom is -0.368 e. The summed E-state index contributed by atoms with van der Waals surface area (Å²) in [6, 6.07) is 12.3. The zero-order valence-electron chi connectivity index (χ0n) is 57.7. The first-order chi connectivity index (χ1) is 48.3. The van der Waals surface area contributed by atoms with Crippen molar-refractivity contribution in [2.24, 2.45) is 20.5 Å². The Morgan fingerprint density at radius 3 is 1.55 bits per heavy atom. The summed E-state index contributed by atoms with van der Waals surface area (Å²) in [6.07, 6.45) is 33.8. The highest BCUT2D eigenvalue weighted by Crippen LogP contribution is 2.57. The minimum atomic E-state index is -0.355. The van der Waals surface area contributed by atoms with E-state index < -0.39 is 0 Å². The van der Waals surface area contributed by atoms with Crippen LogP contribution in [0, 0.1) is 5.41 Å². The largest absolute Gasteiger partial charge is 0.368 e. The van der Waals surface area contributed by atoms with E-state index in [0.29, 0.717) is 78.1 Å². The highest BCUT2D eigenvalue weighted by molar-refractivity contribution is 6.40. The van der Waals surface area contributed by atoms with E-state index in [4.69, 9.17) is 15.0 Å². The molecule has 7 aliphatic heterocycles. The van der Waals surface area contributed by atoms with E-state index in [-0.39, 0.29) is 34.3 Å². The number of nitrogens with one attached hydrogen (secondary N) is 3. The number of hydrazone groups is 1. The summed E-state index contributed by atoms with van der Waals surface area (Å²) in [7, 11) is 6.48. The van der Waals surface area contributed by atoms with Gasteiger partial charge in [0.25, 0.3) is 0 Å². The van der Waals surface area contributed by atoms with Crippen LogP contribution in [0.4, 0.5) is 46.4 Å². The number of piperazine rings is 3. The van der Waals surface area contributed by atoms with Crippen molar-refractivity contribution < 1.29 is 14.4 Å². The third kappa shape index (κ3) is 13.0. The fourth-order valence-corrected chi connectivity index (χ4v) is 17.6. The number of hydrogen-bond donors (Lipinski definition) is 3. The van der Waals surface area contributed by atoms with Gasteiger partial charge in [-0.2, -0.15) is 4.98 Å². The van der Waals surface area contributed by atoms with Crippen molar-refractivity contribution in [2.75, 3.05) is 130 Å². The number of likely N-dealkylation sites (N-methyl/N-ethyl adjacent to an activating group) is 3. The topological polar surface area (TPSA) is 258 Å². The molecule has 1 atom stereocenters. The van der Waals surface area contributed by atoms with E-state index in [1.54, 1.807) is 17.5 Å². The fourth-order valence-electron chi connectivity index (χ4n) is 17.6. The number of ketones is 3. The molecule has 6 aromatic heterocycles. The normalized spacial score (nSPS) is 23.4. The van der Waals surface area contributed by atoms with E-state index in [9.17, 15) is 14.4 Å². The summed E-state index contributed by atoms with van der Waals surface area (Å²) in [4.78, 5) is 101. The van der Waals surface area contributed by atoms with Crippen LogP contribution in [0.15, 0.2) is 88.0 Å². The van der Waals surface area contributed by atoms with Gasteiger partial charge in [0.05, 0.1) is 47.5 Å². The molecule has 12 aliphatic rings. The summed E-state index contributed by atoms with van der Waals surface area (Å²) in [5.41, 5.74) is 9.31. The molecule has 518 valence electrons. The van der Waals surface area contributed by atoms with Crippen LogP contribution in [0.2, 0.25) is 0 Å². The summed E-state index contributed by atoms with van der Waals surface area (Å²) in [5, 5.41) is 16.1. The number of Topliss-reactive ketones (excluding diaryl/α,β-unsaturated/α-hetero) is 3. The first-order valence-electron chi connectivity index (χ1n) is 36.6. The number of hydrogen-bond acceptors (Lipinski definition) is 25. The molecule has 13 heterocycles. The van der Waals surface area contributed by atoms with Gasteiger partial charge in [-0.25, -0.2) is 49.9 Å². The molecular weight excluding hydrogens is 1250 g/mol. The van der Waals surface area contributed by atoms with E-state index in [1.165, 1.54) is 76.2 Å². The van der Waals surface area contributed by atoms with Crippen LogP contribution in [0.5, 0.6) is 0 Å². The molecule has 3 spiro atoms. The maximum atomic E-state index is 12.8. The Hall–Kier alpha value is -8.88. The van der Waals surface area contributed by atoms with Gasteiger partial charge in [-0.1, -0.05) is 57.8 Å². The van der Waals surface area contributed by atoms with Crippen LogP contribution >= 0.6 is 0 Å². The predicted octanol–water partition coefficient (Wildman–Crippen LogP) is 9.27. The van der Waals surface area contributed by atoms with Gasteiger partial charge in [0.1, 0.15) is 29.3 Å². The van der Waals surface area contributed by atoms with Crippen LogP contribution in [0.1, 0.15) is 157 Å². The third-order valence-electron chi connectivity index (χ3n) is 23.4. The van der Waals surface area contributed by atoms with Crippen molar-refractivity contribution in [2.45, 2.75) is 159 Å². The molecule has 3 N–H and O–H groups in total. The number of pyridine rings is 3. The molecule has 0 bridgehead atoms. The van der Waals surface area contributed by atoms with Gasteiger partial charge in [-0.15, -0.1) is 5.10 Å². The number of piperidine rings is 1. The lowest BCUT2D eigenvalue weighted by atomic mass is 9.62. The average Bonchev–Trinajstić information content (AvgIpc) is 1.63. The SMILES string of the molecule is CN1CCN(c2ccc(NC3=NC4N(C=N3)N=C3C(=O)CCC5(CCCCC5)N34)nc2)CC1.CN1CCN(c2ccc(Nc3ncc4c(n3)C3=C(C4)C(=O)CCC34CCCCC4)nc2)CC1.CN1CCN(c2ccc(Nc3ncc4nc5n(c4n3)C3(CCCCC3)CCC5=O)nc2)CC1. The zero-order valence-corrected chi connectivity index (χ0v) is 57.7. The molecule has 18 rings (SSSR count). The Bertz CT molecular complexity index is 4110. The molecule has 26 nitrogen and oxygen atoms in total. The maximum Gasteiger partial charge on any atom is 0.230 e. The van der Waals surface area contributed by atoms with Gasteiger partial charge in [0.2, 0.25) is 24.1 Å². The quantitative estimate of drug-likeness (QED) is 0.128. The van der Waals surface area contributed by atoms with Gasteiger partial charge in [-0.05, 0) is 126 Å². The van der Waals surface area contributed by atoms with Gasteiger partial charge in [0.15, 0.2) is 34.7 Å². The minimum absolute atomic E-state index is 0.0212. The molecule has 7 fully saturated rings. The number of allylic oxidation sites excluding steroid dienone is 2. The number of imidazole rings is 1. The van der Waals surface area contributed by atoms with Crippen molar-refractivity contribution in [1.82, 2.24) is 69.0 Å². The van der Waals surface area contributed by atoms with Crippen molar-refractivity contribution in [1.29, 1.82) is 0 Å². The molecule has 99 heavy (non-hydrogen) atoms. The molecule has 0 amide bonds. The number of guanidine groups is 1. The Kier molecular flexibility index (Phi) is 17.9. The van der Waals surface area contributed by atoms with Crippen LogP contribution in [0.25, 0.3) is 16.7 Å². The summed E-state index contributed by atoms with van der Waals surface area (Å²) < 4.78 is 2.14. The van der Waals surface area contributed by atoms with Crippen LogP contribution in [-0.4, -0.2) is 216 Å². The second-order valence-electron chi connectivity index (χ2n) is 29.6. The average molecular weight is 1340 g/mol. The Morgan fingerprint density at radius 1 is 0.475 bits per heavy atom. The van der Waals surface area contributed by atoms with Crippen LogP contribution < -0.4 is 30.7 Å². The lowest BCUT2D eigenvalue weighted by Crippen LogP contribution is -2.61. The highest BCUT2D eigenvalue weighted by atomic mass is 16.1. The smallest absolute Gasteiger partial charge is 0.230 e. The van der Waals surface area contributed by atoms with E-state index >= 15 is 0 Å². The van der Waals surface area contributed by atoms with Crippen LogP contribution in [-0.2, 0) is 21.5 Å². The number of anilines is 8. The molecule has 0 radical (unpaired) electrons. The second-order valence-corrected chi connectivity index (χ2v) is 29.6. The first kappa shape index (κ1) is 64.8. The summed E-state index contributed by atoms with van der Waals surface area (Å²) in [5.74, 6) is 5.34. The molecule has 5 aliphatic carbocycles. The number of amidine groups is 1. The summed E-state index contributed by atoms with van der Waals surface area (Å²) in [6.45, 7) is 12.5. The first-order valence-corrected chi connectivity index (χ1v) is 36.6. The van der Waals surface area contributed by atoms with Crippen molar-refractivity contribution in [3.63, 3.8) is 0 Å². The lowest BCUT2D eigenvalue weighted by Gasteiger charge is -2.50. The molecule has 3 saturated carbocycles. The number of carbonyl (C=O) groups excluding carboxylic acids is 3. The third-order valence-corrected chi connectivity index (χ3v) is 23.4. The number of carbonyl (C=O) groups is 3. The molecule has 6 aromatic rings. The van der Waals surface area contributed by atoms with Gasteiger partial charge >= 0.3 is 0 Å². The Balaban J connectivity index is 0.000000116. The Labute approximate surface area is 579 Å². The molecule has 26 heteroatoms. The zero-order chi connectivity index (χ0) is 67.2. The van der Waals surface area contributed by atoms with Crippen molar-refractivity contribution in [3.05, 3.63) is 90.0 Å². The van der Waals surface area contributed by atoms with E-state index in [2.05, 4.69) is 134 Å². The molecule has 4 saturated heterocycles. The fraction of sp³-hybridized carbons (Fsp3) is 0.562. The van der Waals surface area contributed by atoms with Gasteiger partial charge in [0, 0.05) is 133 Å². The lowest BCUT2D eigenvalue weighted by molar-refractivity contribution is -0.117. The standard InChI is InChI=1S/C26H32N6O.C24H30N8O.C23H31N9O/c1-31-11-13-32(14-12-31)19-5-6-22(27-17-19)29-25-28-16-18-15-20-21(33)7-10-26(8-3-2-4-9-26)23(20)24(18)30-25;1-30-11-13-31(14-12-30)17-5-6-20(25-15-17)28-23-26-16-18-21(29-23)32-22(27-18)19(33)7-10-24(32)8-3-2-4-9-24;1-29-11-13-30(14-12-29)17-5-6-19(24-15-17)26-21-25-16-31-22(27-21)32-20(28-31)18(33)7-10-23(32)8-3-2-4-9-23/h5-6,16-17H,2-4,7-15H2,1H3,(H,27,28,29,30);5-6,15-16H,2-4,7-14H2,1H3,(H,25,26,28,29);5-6,15-16,22H,2-4,7-14H2,1H3,(H,24,26,27). The molecule has 0 aromatic carbocycles. The van der Waals surface area contributed by atoms with Crippen LogP contribution in [0.3, 0.4) is 0 Å². The predicted molar refractivity (Wildman–Crippen MR) is 385 cm³/mol. The van der Waals surface area contributed by atoms with E-state index in [0.717, 1.165) is 169 Å². The molecule has 1 unspecified atom stereocenters. The maximum absolute atomic E-state index is 12.8. The number of nitrogens with zero attached hydrogens (tertiary/aromatic N) is 20. The number of fused-ring (bicyclic) bond motifs is 11. The van der Waals surface area contributed by atoms with Gasteiger partial charge < -0.3 is 50.2 Å². The van der Waals surface area contributed by atoms with Gasteiger partial charge in [-0.3, -0.25) is 19.0 Å². The van der Waals surface area contributed by atoms with E-state index in [1.807, 2.05) is 43.0 Å². The monoisotopic (exact) mass is 1340 g/mol.